The van der Waals surface area contributed by atoms with Gasteiger partial charge in [-0.3, -0.25) is 15.1 Å². The molecule has 0 N–H and O–H groups in total. The van der Waals surface area contributed by atoms with Crippen LogP contribution in [-0.2, 0) is 9.53 Å². The summed E-state index contributed by atoms with van der Waals surface area (Å²) < 4.78 is 10.5. The summed E-state index contributed by atoms with van der Waals surface area (Å²) in [4.78, 5) is 26.8. The van der Waals surface area contributed by atoms with E-state index in [4.69, 9.17) is 9.47 Å². The molecule has 2 aromatic rings. The monoisotopic (exact) mass is 356 g/mol. The molecule has 0 bridgehead atoms. The van der Waals surface area contributed by atoms with Gasteiger partial charge in [-0.05, 0) is 24.6 Å². The smallest absolute Gasteiger partial charge is 0.347 e. The number of esters is 1. The van der Waals surface area contributed by atoms with Gasteiger partial charge in [-0.25, -0.2) is 4.79 Å². The molecule has 0 saturated heterocycles. The molecular formula is C19H20N2O5. The first-order valence-corrected chi connectivity index (χ1v) is 8.17. The van der Waals surface area contributed by atoms with Crippen LogP contribution in [-0.4, -0.2) is 30.3 Å². The van der Waals surface area contributed by atoms with Crippen LogP contribution in [0.15, 0.2) is 53.5 Å². The lowest BCUT2D eigenvalue weighted by Gasteiger charge is -2.17. The highest BCUT2D eigenvalue weighted by Gasteiger charge is 2.22. The summed E-state index contributed by atoms with van der Waals surface area (Å²) in [7, 11) is 1.29. The first-order valence-electron chi connectivity index (χ1n) is 8.17. The Morgan fingerprint density at radius 1 is 1.27 bits per heavy atom. The number of nitrogens with zero attached hydrogens (tertiary/aromatic N) is 2. The Morgan fingerprint density at radius 3 is 2.62 bits per heavy atom. The van der Waals surface area contributed by atoms with E-state index in [1.165, 1.54) is 31.5 Å². The van der Waals surface area contributed by atoms with E-state index < -0.39 is 17.0 Å². The summed E-state index contributed by atoms with van der Waals surface area (Å²) in [5.41, 5.74) is 1.02. The number of benzene rings is 2. The van der Waals surface area contributed by atoms with Crippen LogP contribution in [0.1, 0.15) is 25.3 Å². The lowest BCUT2D eigenvalue weighted by atomic mass is 10.1. The van der Waals surface area contributed by atoms with Gasteiger partial charge in [0.25, 0.3) is 5.69 Å². The highest BCUT2D eigenvalue weighted by Crippen LogP contribution is 2.25. The van der Waals surface area contributed by atoms with Crippen molar-refractivity contribution in [1.82, 2.24) is 0 Å². The van der Waals surface area contributed by atoms with E-state index >= 15 is 0 Å². The quantitative estimate of drug-likeness (QED) is 0.308. The largest absolute Gasteiger partial charge is 0.478 e. The third-order valence-electron chi connectivity index (χ3n) is 3.60. The van der Waals surface area contributed by atoms with Crippen LogP contribution in [0.3, 0.4) is 0 Å². The predicted molar refractivity (Wildman–Crippen MR) is 98.1 cm³/mol. The number of non-ortho nitro benzene ring substituents is 1. The molecular weight excluding hydrogens is 336 g/mol. The molecule has 26 heavy (non-hydrogen) atoms. The molecule has 0 amide bonds. The van der Waals surface area contributed by atoms with E-state index in [-0.39, 0.29) is 5.69 Å². The Balaban J connectivity index is 2.36. The third-order valence-corrected chi connectivity index (χ3v) is 3.60. The van der Waals surface area contributed by atoms with Crippen LogP contribution >= 0.6 is 0 Å². The Kier molecular flexibility index (Phi) is 6.84. The van der Waals surface area contributed by atoms with Crippen molar-refractivity contribution in [2.75, 3.05) is 7.11 Å². The lowest BCUT2D eigenvalue weighted by molar-refractivity contribution is -0.384. The van der Waals surface area contributed by atoms with Crippen LogP contribution in [0.25, 0.3) is 0 Å². The first-order chi connectivity index (χ1) is 12.5. The Bertz CT molecular complexity index is 790. The molecule has 0 saturated carbocycles. The van der Waals surface area contributed by atoms with E-state index in [1.807, 2.05) is 37.3 Å². The van der Waals surface area contributed by atoms with Crippen molar-refractivity contribution in [3.8, 4) is 5.75 Å². The standard InChI is InChI=1S/C19H20N2O5/c1-3-7-18(19(22)25-2)26-17-11-10-16(21(23)24)12-14(17)13-20-15-8-5-4-6-9-15/h4-6,8-13,18H,3,7H2,1-2H3. The van der Waals surface area contributed by atoms with Crippen LogP contribution < -0.4 is 4.74 Å². The van der Waals surface area contributed by atoms with Gasteiger partial charge in [0.1, 0.15) is 5.75 Å². The minimum atomic E-state index is -0.782. The molecule has 1 unspecified atom stereocenters. The number of ether oxygens (including phenoxy) is 2. The van der Waals surface area contributed by atoms with Gasteiger partial charge in [0.2, 0.25) is 0 Å². The number of nitro groups is 1. The van der Waals surface area contributed by atoms with Gasteiger partial charge in [-0.15, -0.1) is 0 Å². The van der Waals surface area contributed by atoms with E-state index in [0.29, 0.717) is 23.4 Å². The summed E-state index contributed by atoms with van der Waals surface area (Å²) in [6, 6.07) is 13.3. The molecule has 2 rings (SSSR count). The zero-order chi connectivity index (χ0) is 18.9. The average molecular weight is 356 g/mol. The van der Waals surface area contributed by atoms with Crippen molar-refractivity contribution >= 4 is 23.6 Å². The summed E-state index contributed by atoms with van der Waals surface area (Å²) in [6.45, 7) is 1.92. The fraction of sp³-hybridized carbons (Fsp3) is 0.263. The molecule has 0 fully saturated rings. The number of carbonyl (C=O) groups is 1. The van der Waals surface area contributed by atoms with Crippen LogP contribution in [0.5, 0.6) is 5.75 Å². The first kappa shape index (κ1) is 19.1. The van der Waals surface area contributed by atoms with Crippen LogP contribution in [0.4, 0.5) is 11.4 Å². The van der Waals surface area contributed by atoms with Gasteiger partial charge in [-0.1, -0.05) is 31.5 Å². The minimum Gasteiger partial charge on any atom is -0.478 e. The topological polar surface area (TPSA) is 91.0 Å². The summed E-state index contributed by atoms with van der Waals surface area (Å²) >= 11 is 0. The summed E-state index contributed by atoms with van der Waals surface area (Å²) in [6.07, 6.45) is 1.90. The molecule has 0 aliphatic carbocycles. The number of rotatable bonds is 8. The van der Waals surface area contributed by atoms with Crippen molar-refractivity contribution < 1.29 is 19.2 Å². The highest BCUT2D eigenvalue weighted by atomic mass is 16.6. The van der Waals surface area contributed by atoms with Crippen LogP contribution in [0, 0.1) is 10.1 Å². The maximum Gasteiger partial charge on any atom is 0.347 e. The number of aliphatic imine (C=N–C) groups is 1. The average Bonchev–Trinajstić information content (AvgIpc) is 2.66. The fourth-order valence-corrected chi connectivity index (χ4v) is 2.29. The van der Waals surface area contributed by atoms with Crippen molar-refractivity contribution in [1.29, 1.82) is 0 Å². The van der Waals surface area contributed by atoms with Crippen molar-refractivity contribution in [2.24, 2.45) is 4.99 Å². The normalized spacial score (nSPS) is 11.9. The van der Waals surface area contributed by atoms with Gasteiger partial charge in [-0.2, -0.15) is 0 Å². The van der Waals surface area contributed by atoms with Crippen molar-refractivity contribution in [3.63, 3.8) is 0 Å². The zero-order valence-corrected chi connectivity index (χ0v) is 14.6. The maximum absolute atomic E-state index is 11.9. The van der Waals surface area contributed by atoms with Gasteiger partial charge < -0.3 is 9.47 Å². The van der Waals surface area contributed by atoms with Crippen molar-refractivity contribution in [2.45, 2.75) is 25.9 Å². The molecule has 0 aliphatic heterocycles. The molecule has 0 aromatic heterocycles. The lowest BCUT2D eigenvalue weighted by Crippen LogP contribution is -2.28. The highest BCUT2D eigenvalue weighted by molar-refractivity contribution is 5.87. The number of hydrogen-bond donors (Lipinski definition) is 0. The Morgan fingerprint density at radius 2 is 2.00 bits per heavy atom. The number of para-hydroxylation sites is 1. The molecule has 0 radical (unpaired) electrons. The minimum absolute atomic E-state index is 0.0861. The van der Waals surface area contributed by atoms with Gasteiger partial charge in [0.05, 0.1) is 17.7 Å². The maximum atomic E-state index is 11.9. The molecule has 7 heteroatoms. The fourth-order valence-electron chi connectivity index (χ4n) is 2.29. The summed E-state index contributed by atoms with van der Waals surface area (Å²) in [5, 5.41) is 11.1. The second-order valence-electron chi connectivity index (χ2n) is 5.49. The third kappa shape index (κ3) is 5.14. The Labute approximate surface area is 151 Å². The van der Waals surface area contributed by atoms with Crippen molar-refractivity contribution in [3.05, 3.63) is 64.2 Å². The van der Waals surface area contributed by atoms with Gasteiger partial charge in [0, 0.05) is 23.9 Å². The molecule has 0 aliphatic rings. The zero-order valence-electron chi connectivity index (χ0n) is 14.6. The summed E-state index contributed by atoms with van der Waals surface area (Å²) in [5.74, 6) is -0.157. The second kappa shape index (κ2) is 9.31. The molecule has 2 aromatic carbocycles. The number of methoxy groups -OCH3 is 1. The van der Waals surface area contributed by atoms with Gasteiger partial charge >= 0.3 is 5.97 Å². The second-order valence-corrected chi connectivity index (χ2v) is 5.49. The van der Waals surface area contributed by atoms with E-state index in [0.717, 1.165) is 6.42 Å². The molecule has 1 atom stereocenters. The Hall–Kier alpha value is -3.22. The van der Waals surface area contributed by atoms with Crippen LogP contribution in [0.2, 0.25) is 0 Å². The van der Waals surface area contributed by atoms with E-state index in [9.17, 15) is 14.9 Å². The van der Waals surface area contributed by atoms with E-state index in [1.54, 1.807) is 0 Å². The molecule has 0 heterocycles. The number of nitro benzene ring substituents is 1. The van der Waals surface area contributed by atoms with Gasteiger partial charge in [0.15, 0.2) is 6.10 Å². The molecule has 0 spiro atoms. The number of carbonyl (C=O) groups excluding carboxylic acids is 1. The SMILES string of the molecule is CCCC(Oc1ccc([N+](=O)[O-])cc1C=Nc1ccccc1)C(=O)OC. The number of hydrogen-bond acceptors (Lipinski definition) is 6. The molecule has 7 nitrogen and oxygen atoms in total. The van der Waals surface area contributed by atoms with E-state index in [2.05, 4.69) is 4.99 Å². The molecule has 136 valence electrons. The predicted octanol–water partition coefficient (Wildman–Crippen LogP) is 4.07.